The van der Waals surface area contributed by atoms with Gasteiger partial charge in [-0.3, -0.25) is 0 Å². The third-order valence-corrected chi connectivity index (χ3v) is 3.10. The van der Waals surface area contributed by atoms with Crippen molar-refractivity contribution in [2.24, 2.45) is 0 Å². The molecular weight excluding hydrogens is 311 g/mol. The molecule has 0 atom stereocenters. The van der Waals surface area contributed by atoms with Crippen LogP contribution in [-0.4, -0.2) is 27.0 Å². The highest BCUT2D eigenvalue weighted by Crippen LogP contribution is 2.27. The van der Waals surface area contributed by atoms with Crippen molar-refractivity contribution in [2.45, 2.75) is 12.7 Å². The predicted molar refractivity (Wildman–Crippen MR) is 77.0 cm³/mol. The fourth-order valence-electron chi connectivity index (χ4n) is 2.02. The van der Waals surface area contributed by atoms with Gasteiger partial charge in [-0.05, 0) is 18.2 Å². The minimum Gasteiger partial charge on any atom is -0.497 e. The third kappa shape index (κ3) is 3.33. The first-order valence-corrected chi connectivity index (χ1v) is 6.62. The van der Waals surface area contributed by atoms with E-state index < -0.39 is 11.9 Å². The van der Waals surface area contributed by atoms with Gasteiger partial charge in [0.05, 0.1) is 24.7 Å². The molecule has 120 valence electrons. The second-order valence-corrected chi connectivity index (χ2v) is 4.68. The van der Waals surface area contributed by atoms with E-state index in [9.17, 15) is 13.2 Å². The lowest BCUT2D eigenvalue weighted by Crippen LogP contribution is -2.11. The fourth-order valence-corrected chi connectivity index (χ4v) is 2.02. The molecule has 0 radical (unpaired) electrons. The van der Waals surface area contributed by atoms with Gasteiger partial charge in [-0.15, -0.1) is 0 Å². The van der Waals surface area contributed by atoms with Crippen molar-refractivity contribution in [3.63, 3.8) is 0 Å². The number of hydrogen-bond acceptors (Lipinski definition) is 5. The number of methoxy groups -OCH3 is 1. The average Bonchev–Trinajstić information content (AvgIpc) is 2.94. The van der Waals surface area contributed by atoms with Crippen molar-refractivity contribution >= 4 is 17.0 Å². The Kier molecular flexibility index (Phi) is 3.77. The molecule has 0 bridgehead atoms. The summed E-state index contributed by atoms with van der Waals surface area (Å²) in [6, 6.07) is 6.16. The van der Waals surface area contributed by atoms with Gasteiger partial charge < -0.3 is 15.0 Å². The van der Waals surface area contributed by atoms with Crippen LogP contribution in [0.5, 0.6) is 5.75 Å². The van der Waals surface area contributed by atoms with Crippen molar-refractivity contribution in [3.8, 4) is 5.75 Å². The molecule has 0 fully saturated rings. The largest absolute Gasteiger partial charge is 0.497 e. The van der Waals surface area contributed by atoms with Crippen LogP contribution in [0.25, 0.3) is 11.0 Å². The highest BCUT2D eigenvalue weighted by Gasteiger charge is 2.32. The van der Waals surface area contributed by atoms with Gasteiger partial charge in [0.1, 0.15) is 17.3 Å². The van der Waals surface area contributed by atoms with Gasteiger partial charge in [-0.1, -0.05) is 0 Å². The van der Waals surface area contributed by atoms with Crippen molar-refractivity contribution in [1.82, 2.24) is 19.9 Å². The normalized spacial score (nSPS) is 11.7. The Morgan fingerprint density at radius 2 is 2.04 bits per heavy atom. The first-order chi connectivity index (χ1) is 11.0. The number of alkyl halides is 3. The summed E-state index contributed by atoms with van der Waals surface area (Å²) < 4.78 is 42.9. The van der Waals surface area contributed by atoms with E-state index in [2.05, 4.69) is 25.3 Å². The van der Waals surface area contributed by atoms with E-state index in [1.165, 1.54) is 0 Å². The maximum absolute atomic E-state index is 12.6. The number of anilines is 1. The topological polar surface area (TPSA) is 75.7 Å². The molecule has 3 aromatic rings. The number of aromatic nitrogens is 4. The Morgan fingerprint density at radius 3 is 2.78 bits per heavy atom. The van der Waals surface area contributed by atoms with E-state index in [0.29, 0.717) is 11.6 Å². The number of nitrogens with zero attached hydrogens (tertiary/aromatic N) is 3. The molecule has 0 saturated heterocycles. The van der Waals surface area contributed by atoms with E-state index in [0.717, 1.165) is 23.3 Å². The monoisotopic (exact) mass is 323 g/mol. The molecule has 6 nitrogen and oxygen atoms in total. The van der Waals surface area contributed by atoms with Crippen LogP contribution in [0.1, 0.15) is 11.5 Å². The van der Waals surface area contributed by atoms with Gasteiger partial charge >= 0.3 is 6.18 Å². The summed E-state index contributed by atoms with van der Waals surface area (Å²) in [5, 5.41) is 2.72. The minimum atomic E-state index is -4.50. The number of ether oxygens (including phenoxy) is 1. The van der Waals surface area contributed by atoms with Gasteiger partial charge in [0.25, 0.3) is 0 Å². The van der Waals surface area contributed by atoms with Crippen LogP contribution in [0.4, 0.5) is 19.1 Å². The summed E-state index contributed by atoms with van der Waals surface area (Å²) in [7, 11) is 1.56. The number of fused-ring (bicyclic) bond motifs is 1. The van der Waals surface area contributed by atoms with E-state index >= 15 is 0 Å². The smallest absolute Gasteiger partial charge is 0.433 e. The summed E-state index contributed by atoms with van der Waals surface area (Å²) >= 11 is 0. The molecular formula is C14H12F3N5O. The Bertz CT molecular complexity index is 831. The van der Waals surface area contributed by atoms with Crippen LogP contribution in [0.3, 0.4) is 0 Å². The standard InChI is InChI=1S/C14H12F3N5O/c1-23-8-2-3-9-10(6-8)21-12(20-9)7-19-13-18-5-4-11(22-13)14(15,16)17/h2-6H,7H2,1H3,(H,20,21)(H,18,19,22). The summed E-state index contributed by atoms with van der Waals surface area (Å²) in [5.41, 5.74) is 0.503. The molecule has 2 heterocycles. The maximum Gasteiger partial charge on any atom is 0.433 e. The molecule has 0 saturated carbocycles. The molecule has 0 aliphatic carbocycles. The highest BCUT2D eigenvalue weighted by molar-refractivity contribution is 5.76. The second kappa shape index (κ2) is 5.75. The SMILES string of the molecule is COc1ccc2nc(CNc3nccc(C(F)(F)F)n3)[nH]c2c1. The summed E-state index contributed by atoms with van der Waals surface area (Å²) in [6.07, 6.45) is -3.45. The lowest BCUT2D eigenvalue weighted by molar-refractivity contribution is -0.141. The van der Waals surface area contributed by atoms with Crippen LogP contribution in [0.15, 0.2) is 30.5 Å². The highest BCUT2D eigenvalue weighted by atomic mass is 19.4. The van der Waals surface area contributed by atoms with Crippen LogP contribution < -0.4 is 10.1 Å². The Labute approximate surface area is 128 Å². The molecule has 0 amide bonds. The van der Waals surface area contributed by atoms with E-state index in [1.54, 1.807) is 25.3 Å². The van der Waals surface area contributed by atoms with Crippen molar-refractivity contribution < 1.29 is 17.9 Å². The molecule has 3 rings (SSSR count). The van der Waals surface area contributed by atoms with Crippen LogP contribution in [-0.2, 0) is 12.7 Å². The van der Waals surface area contributed by atoms with Crippen LogP contribution in [0, 0.1) is 0 Å². The fraction of sp³-hybridized carbons (Fsp3) is 0.214. The molecule has 0 aliphatic rings. The Hall–Kier alpha value is -2.84. The summed E-state index contributed by atoms with van der Waals surface area (Å²) in [5.74, 6) is 1.12. The first-order valence-electron chi connectivity index (χ1n) is 6.62. The molecule has 0 spiro atoms. The quantitative estimate of drug-likeness (QED) is 0.772. The molecule has 2 N–H and O–H groups in total. The zero-order valence-corrected chi connectivity index (χ0v) is 12.0. The number of H-pyrrole nitrogens is 1. The number of rotatable bonds is 4. The molecule has 2 aromatic heterocycles. The number of aromatic amines is 1. The number of nitrogens with one attached hydrogen (secondary N) is 2. The number of hydrogen-bond donors (Lipinski definition) is 2. The molecule has 9 heteroatoms. The number of benzene rings is 1. The molecule has 1 aromatic carbocycles. The number of imidazole rings is 1. The zero-order valence-electron chi connectivity index (χ0n) is 12.0. The molecule has 23 heavy (non-hydrogen) atoms. The minimum absolute atomic E-state index is 0.113. The van der Waals surface area contributed by atoms with Gasteiger partial charge in [-0.25, -0.2) is 15.0 Å². The van der Waals surface area contributed by atoms with E-state index in [1.807, 2.05) is 0 Å². The Morgan fingerprint density at radius 1 is 1.22 bits per heavy atom. The van der Waals surface area contributed by atoms with Crippen molar-refractivity contribution in [1.29, 1.82) is 0 Å². The zero-order chi connectivity index (χ0) is 16.4. The van der Waals surface area contributed by atoms with Gasteiger partial charge in [0.2, 0.25) is 5.95 Å². The average molecular weight is 323 g/mol. The summed E-state index contributed by atoms with van der Waals surface area (Å²) in [6.45, 7) is 0.165. The Balaban J connectivity index is 1.75. The number of halogens is 3. The van der Waals surface area contributed by atoms with Crippen molar-refractivity contribution in [2.75, 3.05) is 12.4 Å². The van der Waals surface area contributed by atoms with Gasteiger partial charge in [0.15, 0.2) is 0 Å². The van der Waals surface area contributed by atoms with E-state index in [4.69, 9.17) is 4.74 Å². The van der Waals surface area contributed by atoms with Gasteiger partial charge in [0, 0.05) is 12.3 Å². The first kappa shape index (κ1) is 15.1. The van der Waals surface area contributed by atoms with E-state index in [-0.39, 0.29) is 12.5 Å². The van der Waals surface area contributed by atoms with Crippen molar-refractivity contribution in [3.05, 3.63) is 42.0 Å². The van der Waals surface area contributed by atoms with Gasteiger partial charge in [-0.2, -0.15) is 13.2 Å². The lowest BCUT2D eigenvalue weighted by Gasteiger charge is -2.07. The predicted octanol–water partition coefficient (Wildman–Crippen LogP) is 2.99. The molecule has 0 aliphatic heterocycles. The second-order valence-electron chi connectivity index (χ2n) is 4.68. The molecule has 0 unspecified atom stereocenters. The maximum atomic E-state index is 12.6. The third-order valence-electron chi connectivity index (χ3n) is 3.10. The lowest BCUT2D eigenvalue weighted by atomic mass is 10.3. The van der Waals surface area contributed by atoms with Crippen LogP contribution >= 0.6 is 0 Å². The van der Waals surface area contributed by atoms with Crippen LogP contribution in [0.2, 0.25) is 0 Å². The summed E-state index contributed by atoms with van der Waals surface area (Å²) in [4.78, 5) is 14.6.